The Hall–Kier alpha value is -0.870. The first-order valence-electron chi connectivity index (χ1n) is 7.71. The SMILES string of the molecule is CNC(C)c1c(OC)cccc1N1CCSC(C)(C)CC1. The van der Waals surface area contributed by atoms with Crippen LogP contribution < -0.4 is 15.0 Å². The van der Waals surface area contributed by atoms with Crippen LogP contribution in [0.25, 0.3) is 0 Å². The lowest BCUT2D eigenvalue weighted by Gasteiger charge is -2.29. The average molecular weight is 308 g/mol. The van der Waals surface area contributed by atoms with Gasteiger partial charge in [0.25, 0.3) is 0 Å². The molecule has 0 aliphatic carbocycles. The molecule has 1 heterocycles. The largest absolute Gasteiger partial charge is 0.496 e. The third-order valence-electron chi connectivity index (χ3n) is 4.31. The molecule has 0 amide bonds. The van der Waals surface area contributed by atoms with Gasteiger partial charge in [-0.05, 0) is 32.5 Å². The summed E-state index contributed by atoms with van der Waals surface area (Å²) in [7, 11) is 3.76. The number of nitrogens with one attached hydrogen (secondary N) is 1. The smallest absolute Gasteiger partial charge is 0.125 e. The second-order valence-electron chi connectivity index (χ2n) is 6.25. The molecule has 21 heavy (non-hydrogen) atoms. The number of benzene rings is 1. The minimum absolute atomic E-state index is 0.278. The first-order valence-corrected chi connectivity index (χ1v) is 8.70. The van der Waals surface area contributed by atoms with E-state index in [1.165, 1.54) is 23.4 Å². The normalized spacial score (nSPS) is 20.0. The van der Waals surface area contributed by atoms with Gasteiger partial charge in [0.2, 0.25) is 0 Å². The zero-order chi connectivity index (χ0) is 15.5. The van der Waals surface area contributed by atoms with Crippen molar-refractivity contribution in [2.75, 3.05) is 37.9 Å². The zero-order valence-electron chi connectivity index (χ0n) is 13.9. The summed E-state index contributed by atoms with van der Waals surface area (Å²) >= 11 is 2.08. The monoisotopic (exact) mass is 308 g/mol. The molecule has 0 spiro atoms. The van der Waals surface area contributed by atoms with E-state index in [4.69, 9.17) is 4.74 Å². The summed E-state index contributed by atoms with van der Waals surface area (Å²) in [6.07, 6.45) is 1.21. The summed E-state index contributed by atoms with van der Waals surface area (Å²) < 4.78 is 5.98. The Morgan fingerprint density at radius 1 is 1.33 bits per heavy atom. The third kappa shape index (κ3) is 3.86. The molecule has 1 aliphatic heterocycles. The fourth-order valence-corrected chi connectivity index (χ4v) is 3.93. The molecule has 1 saturated heterocycles. The number of ether oxygens (including phenoxy) is 1. The molecule has 1 unspecified atom stereocenters. The van der Waals surface area contributed by atoms with Crippen molar-refractivity contribution in [2.45, 2.75) is 38.0 Å². The molecule has 3 nitrogen and oxygen atoms in total. The number of thioether (sulfide) groups is 1. The van der Waals surface area contributed by atoms with Crippen molar-refractivity contribution < 1.29 is 4.74 Å². The van der Waals surface area contributed by atoms with E-state index in [1.54, 1.807) is 7.11 Å². The lowest BCUT2D eigenvalue weighted by atomic mass is 10.0. The summed E-state index contributed by atoms with van der Waals surface area (Å²) in [6.45, 7) is 9.10. The molecule has 1 aromatic rings. The minimum Gasteiger partial charge on any atom is -0.496 e. The Morgan fingerprint density at radius 3 is 2.76 bits per heavy atom. The van der Waals surface area contributed by atoms with Crippen molar-refractivity contribution in [3.63, 3.8) is 0 Å². The van der Waals surface area contributed by atoms with Gasteiger partial charge < -0.3 is 15.0 Å². The Bertz CT molecular complexity index is 476. The predicted molar refractivity (Wildman–Crippen MR) is 93.8 cm³/mol. The molecule has 0 bridgehead atoms. The van der Waals surface area contributed by atoms with E-state index >= 15 is 0 Å². The Labute approximate surface area is 133 Å². The third-order valence-corrected chi connectivity index (χ3v) is 5.68. The van der Waals surface area contributed by atoms with E-state index < -0.39 is 0 Å². The van der Waals surface area contributed by atoms with Crippen LogP contribution in [0.5, 0.6) is 5.75 Å². The van der Waals surface area contributed by atoms with Crippen LogP contribution in [-0.4, -0.2) is 37.7 Å². The van der Waals surface area contributed by atoms with Crippen molar-refractivity contribution in [1.29, 1.82) is 0 Å². The second-order valence-corrected chi connectivity index (χ2v) is 8.05. The summed E-state index contributed by atoms with van der Waals surface area (Å²) in [5.74, 6) is 2.16. The van der Waals surface area contributed by atoms with Crippen LogP contribution in [0.3, 0.4) is 0 Å². The van der Waals surface area contributed by atoms with Gasteiger partial charge in [-0.2, -0.15) is 11.8 Å². The maximum Gasteiger partial charge on any atom is 0.125 e. The van der Waals surface area contributed by atoms with Crippen LogP contribution in [-0.2, 0) is 0 Å². The summed E-state index contributed by atoms with van der Waals surface area (Å²) in [6, 6.07) is 6.67. The lowest BCUT2D eigenvalue weighted by molar-refractivity contribution is 0.403. The fraction of sp³-hybridized carbons (Fsp3) is 0.647. The molecule has 1 fully saturated rings. The van der Waals surface area contributed by atoms with Crippen LogP contribution >= 0.6 is 11.8 Å². The minimum atomic E-state index is 0.278. The topological polar surface area (TPSA) is 24.5 Å². The molecular formula is C17H28N2OS. The van der Waals surface area contributed by atoms with Crippen molar-refractivity contribution in [1.82, 2.24) is 5.32 Å². The van der Waals surface area contributed by atoms with Crippen molar-refractivity contribution in [3.8, 4) is 5.75 Å². The summed E-state index contributed by atoms with van der Waals surface area (Å²) in [5, 5.41) is 3.36. The van der Waals surface area contributed by atoms with E-state index in [0.717, 1.165) is 18.8 Å². The zero-order valence-corrected chi connectivity index (χ0v) is 14.7. The molecule has 1 atom stereocenters. The van der Waals surface area contributed by atoms with Gasteiger partial charge in [0.15, 0.2) is 0 Å². The summed E-state index contributed by atoms with van der Waals surface area (Å²) in [4.78, 5) is 2.52. The van der Waals surface area contributed by atoms with Gasteiger partial charge in [-0.1, -0.05) is 19.9 Å². The first kappa shape index (κ1) is 16.5. The van der Waals surface area contributed by atoms with Gasteiger partial charge >= 0.3 is 0 Å². The van der Waals surface area contributed by atoms with E-state index in [9.17, 15) is 0 Å². The molecule has 118 valence electrons. The van der Waals surface area contributed by atoms with Crippen molar-refractivity contribution >= 4 is 17.4 Å². The lowest BCUT2D eigenvalue weighted by Crippen LogP contribution is -2.29. The Kier molecular flexibility index (Phi) is 5.44. The van der Waals surface area contributed by atoms with Gasteiger partial charge in [0, 0.05) is 40.9 Å². The highest BCUT2D eigenvalue weighted by molar-refractivity contribution is 8.00. The fourth-order valence-electron chi connectivity index (χ4n) is 2.83. The van der Waals surface area contributed by atoms with E-state index in [1.807, 2.05) is 7.05 Å². The number of hydrogen-bond donors (Lipinski definition) is 1. The van der Waals surface area contributed by atoms with Crippen molar-refractivity contribution in [3.05, 3.63) is 23.8 Å². The molecule has 1 aromatic carbocycles. The van der Waals surface area contributed by atoms with Crippen LogP contribution in [0.15, 0.2) is 18.2 Å². The maximum atomic E-state index is 5.60. The van der Waals surface area contributed by atoms with Crippen LogP contribution in [0.2, 0.25) is 0 Å². The van der Waals surface area contributed by atoms with Gasteiger partial charge in [0.1, 0.15) is 5.75 Å². The van der Waals surface area contributed by atoms with Gasteiger partial charge in [0.05, 0.1) is 7.11 Å². The van der Waals surface area contributed by atoms with Gasteiger partial charge in [-0.15, -0.1) is 0 Å². The van der Waals surface area contributed by atoms with Gasteiger partial charge in [-0.3, -0.25) is 0 Å². The number of methoxy groups -OCH3 is 1. The molecule has 1 N–H and O–H groups in total. The molecule has 4 heteroatoms. The highest BCUT2D eigenvalue weighted by Gasteiger charge is 2.26. The first-order chi connectivity index (χ1) is 9.98. The molecule has 2 rings (SSSR count). The second kappa shape index (κ2) is 6.93. The number of anilines is 1. The number of rotatable bonds is 4. The number of nitrogens with zero attached hydrogens (tertiary/aromatic N) is 1. The quantitative estimate of drug-likeness (QED) is 0.916. The molecule has 0 saturated carbocycles. The standard InChI is InChI=1S/C17H28N2OS/c1-13(18-4)16-14(7-6-8-15(16)20-5)19-10-9-17(2,3)21-12-11-19/h6-8,13,18H,9-12H2,1-5H3. The van der Waals surface area contributed by atoms with E-state index in [-0.39, 0.29) is 6.04 Å². The molecule has 0 aromatic heterocycles. The van der Waals surface area contributed by atoms with Crippen LogP contribution in [0, 0.1) is 0 Å². The Balaban J connectivity index is 2.34. The highest BCUT2D eigenvalue weighted by Crippen LogP contribution is 2.37. The van der Waals surface area contributed by atoms with Crippen molar-refractivity contribution in [2.24, 2.45) is 0 Å². The maximum absolute atomic E-state index is 5.60. The average Bonchev–Trinajstić information content (AvgIpc) is 2.66. The summed E-state index contributed by atoms with van der Waals surface area (Å²) in [5.41, 5.74) is 2.58. The van der Waals surface area contributed by atoms with E-state index in [0.29, 0.717) is 4.75 Å². The molecular weight excluding hydrogens is 280 g/mol. The van der Waals surface area contributed by atoms with Crippen LogP contribution in [0.1, 0.15) is 38.8 Å². The van der Waals surface area contributed by atoms with Gasteiger partial charge in [-0.25, -0.2) is 0 Å². The Morgan fingerprint density at radius 2 is 2.10 bits per heavy atom. The predicted octanol–water partition coefficient (Wildman–Crippen LogP) is 3.70. The molecule has 1 aliphatic rings. The van der Waals surface area contributed by atoms with E-state index in [2.05, 4.69) is 60.9 Å². The van der Waals surface area contributed by atoms with Crippen LogP contribution in [0.4, 0.5) is 5.69 Å². The highest BCUT2D eigenvalue weighted by atomic mass is 32.2. The molecule has 0 radical (unpaired) electrons. The number of hydrogen-bond acceptors (Lipinski definition) is 4.